The van der Waals surface area contributed by atoms with Gasteiger partial charge >= 0.3 is 5.69 Å². The maximum Gasteiger partial charge on any atom is 0.330 e. The van der Waals surface area contributed by atoms with Crippen molar-refractivity contribution in [3.63, 3.8) is 0 Å². The molecular weight excluding hydrogens is 470 g/mol. The number of imide groups is 1. The van der Waals surface area contributed by atoms with E-state index in [9.17, 15) is 19.2 Å². The van der Waals surface area contributed by atoms with Crippen LogP contribution in [0.4, 0.5) is 0 Å². The van der Waals surface area contributed by atoms with Crippen LogP contribution in [0.1, 0.15) is 59.7 Å². The predicted molar refractivity (Wildman–Crippen MR) is 130 cm³/mol. The van der Waals surface area contributed by atoms with Crippen LogP contribution < -0.4 is 11.2 Å². The van der Waals surface area contributed by atoms with Crippen molar-refractivity contribution in [2.24, 2.45) is 0 Å². The number of H-pyrrole nitrogens is 1. The lowest BCUT2D eigenvalue weighted by Crippen LogP contribution is -2.45. The van der Waals surface area contributed by atoms with Crippen LogP contribution in [-0.2, 0) is 14.0 Å². The fourth-order valence-electron chi connectivity index (χ4n) is 3.84. The second-order valence-corrected chi connectivity index (χ2v) is 15.3. The Kier molecular flexibility index (Phi) is 6.47. The van der Waals surface area contributed by atoms with E-state index in [2.05, 4.69) is 38.8 Å². The van der Waals surface area contributed by atoms with Gasteiger partial charge in [0.15, 0.2) is 8.32 Å². The van der Waals surface area contributed by atoms with Gasteiger partial charge in [-0.15, -0.1) is 5.06 Å². The number of aromatic amines is 1. The number of fused-ring (bicyclic) bond motifs is 1. The highest BCUT2D eigenvalue weighted by Crippen LogP contribution is 2.38. The number of carbonyl (C=O) groups is 2. The molecule has 0 saturated carbocycles. The zero-order chi connectivity index (χ0) is 25.7. The predicted octanol–water partition coefficient (Wildman–Crippen LogP) is 2.75. The van der Waals surface area contributed by atoms with Gasteiger partial charge in [-0.05, 0) is 37.2 Å². The number of nitrogens with one attached hydrogen (secondary N) is 1. The van der Waals surface area contributed by atoms with E-state index in [0.717, 1.165) is 5.06 Å². The standard InChI is InChI=1S/C24H31N3O7Si/c1-14-12-26(23(31)25-20(14)28)19-11-17(18(33-19)13-32-35(5,6)24(2,3)4)34-27-21(29)15-9-7-8-10-16(15)22(27)30/h7-10,12,17-19H,11,13H2,1-6H3,(H,25,28,31)/t17-,18+,19+/m0/s1. The van der Waals surface area contributed by atoms with Crippen molar-refractivity contribution in [1.29, 1.82) is 0 Å². The van der Waals surface area contributed by atoms with Gasteiger partial charge in [-0.25, -0.2) is 4.79 Å². The lowest BCUT2D eigenvalue weighted by molar-refractivity contribution is -0.154. The van der Waals surface area contributed by atoms with Gasteiger partial charge in [-0.3, -0.25) is 28.8 Å². The first kappa shape index (κ1) is 25.2. The Bertz CT molecular complexity index is 1240. The van der Waals surface area contributed by atoms with E-state index in [-0.39, 0.29) is 29.2 Å². The summed E-state index contributed by atoms with van der Waals surface area (Å²) in [6.45, 7) is 12.3. The Morgan fingerprint density at radius 1 is 1.09 bits per heavy atom. The topological polar surface area (TPSA) is 120 Å². The summed E-state index contributed by atoms with van der Waals surface area (Å²) in [5.74, 6) is -1.09. The molecule has 2 aliphatic rings. The molecule has 2 amide bonds. The van der Waals surface area contributed by atoms with E-state index >= 15 is 0 Å². The Morgan fingerprint density at radius 2 is 1.69 bits per heavy atom. The van der Waals surface area contributed by atoms with Crippen LogP contribution in [0.5, 0.6) is 0 Å². The number of ether oxygens (including phenoxy) is 1. The molecule has 3 heterocycles. The van der Waals surface area contributed by atoms with Gasteiger partial charge in [0.05, 0.1) is 17.7 Å². The monoisotopic (exact) mass is 501 g/mol. The van der Waals surface area contributed by atoms with Crippen molar-refractivity contribution in [2.45, 2.75) is 70.7 Å². The Balaban J connectivity index is 1.60. The largest absolute Gasteiger partial charge is 0.414 e. The molecule has 4 rings (SSSR count). The summed E-state index contributed by atoms with van der Waals surface area (Å²) in [4.78, 5) is 58.2. The van der Waals surface area contributed by atoms with Crippen molar-refractivity contribution >= 4 is 20.1 Å². The van der Waals surface area contributed by atoms with E-state index in [1.54, 1.807) is 31.2 Å². The SMILES string of the molecule is Cc1cn([C@H]2C[C@H](ON3C(=O)c4ccccc4C3=O)[C@@H](CO[Si](C)(C)C(C)(C)C)O2)c(=O)[nH]c1=O. The highest BCUT2D eigenvalue weighted by Gasteiger charge is 2.46. The Labute approximate surface area is 203 Å². The van der Waals surface area contributed by atoms with Gasteiger partial charge in [-0.1, -0.05) is 32.9 Å². The molecule has 2 aliphatic heterocycles. The number of aryl methyl sites for hydroxylation is 1. The zero-order valence-electron chi connectivity index (χ0n) is 20.8. The fourth-order valence-corrected chi connectivity index (χ4v) is 4.85. The summed E-state index contributed by atoms with van der Waals surface area (Å²) in [5.41, 5.74) is -0.187. The molecule has 1 N–H and O–H groups in total. The molecule has 0 spiro atoms. The Morgan fingerprint density at radius 3 is 2.26 bits per heavy atom. The van der Waals surface area contributed by atoms with Gasteiger partial charge in [0.1, 0.15) is 18.4 Å². The quantitative estimate of drug-likeness (QED) is 0.477. The van der Waals surface area contributed by atoms with Gasteiger partial charge in [0, 0.05) is 18.2 Å². The molecule has 1 aromatic carbocycles. The van der Waals surface area contributed by atoms with E-state index in [1.165, 1.54) is 10.8 Å². The fraction of sp³-hybridized carbons (Fsp3) is 0.500. The van der Waals surface area contributed by atoms with E-state index in [1.807, 2.05) is 0 Å². The minimum absolute atomic E-state index is 0.0448. The number of rotatable bonds is 6. The van der Waals surface area contributed by atoms with Gasteiger partial charge in [-0.2, -0.15) is 0 Å². The van der Waals surface area contributed by atoms with Crippen molar-refractivity contribution in [3.05, 3.63) is 68.0 Å². The number of aromatic nitrogens is 2. The number of amides is 2. The van der Waals surface area contributed by atoms with Gasteiger partial charge in [0.2, 0.25) is 0 Å². The van der Waals surface area contributed by atoms with Crippen molar-refractivity contribution in [2.75, 3.05) is 6.61 Å². The molecule has 3 atom stereocenters. The maximum atomic E-state index is 12.9. The average Bonchev–Trinajstić information content (AvgIpc) is 3.29. The number of hydroxylamine groups is 2. The second kappa shape index (κ2) is 8.97. The van der Waals surface area contributed by atoms with Crippen LogP contribution in [-0.4, -0.2) is 53.6 Å². The number of hydrogen-bond donors (Lipinski definition) is 1. The van der Waals surface area contributed by atoms with Gasteiger partial charge < -0.3 is 9.16 Å². The van der Waals surface area contributed by atoms with Gasteiger partial charge in [0.25, 0.3) is 17.4 Å². The highest BCUT2D eigenvalue weighted by molar-refractivity contribution is 6.74. The summed E-state index contributed by atoms with van der Waals surface area (Å²) < 4.78 is 13.8. The molecule has 0 bridgehead atoms. The van der Waals surface area contributed by atoms with Crippen LogP contribution in [0, 0.1) is 6.92 Å². The number of carbonyl (C=O) groups excluding carboxylic acids is 2. The van der Waals surface area contributed by atoms with Crippen LogP contribution >= 0.6 is 0 Å². The first-order chi connectivity index (χ1) is 16.3. The normalized spacial score (nSPS) is 22.7. The summed E-state index contributed by atoms with van der Waals surface area (Å²) >= 11 is 0. The number of benzene rings is 1. The molecule has 188 valence electrons. The third kappa shape index (κ3) is 4.68. The maximum absolute atomic E-state index is 12.9. The van der Waals surface area contributed by atoms with Crippen LogP contribution in [0.15, 0.2) is 40.1 Å². The average molecular weight is 502 g/mol. The van der Waals surface area contributed by atoms with Crippen molar-refractivity contribution < 1.29 is 23.6 Å². The van der Waals surface area contributed by atoms with Crippen molar-refractivity contribution in [3.8, 4) is 0 Å². The molecule has 11 heteroatoms. The summed E-state index contributed by atoms with van der Waals surface area (Å²) in [6, 6.07) is 6.52. The molecule has 1 aromatic heterocycles. The van der Waals surface area contributed by atoms with E-state index in [0.29, 0.717) is 5.56 Å². The summed E-state index contributed by atoms with van der Waals surface area (Å²) in [6.07, 6.45) is -0.568. The Hall–Kier alpha value is -2.86. The molecular formula is C24H31N3O7Si. The summed E-state index contributed by atoms with van der Waals surface area (Å²) in [7, 11) is -2.15. The second-order valence-electron chi connectivity index (χ2n) is 10.5. The molecule has 1 saturated heterocycles. The minimum atomic E-state index is -2.15. The van der Waals surface area contributed by atoms with Crippen LogP contribution in [0.25, 0.3) is 0 Å². The number of nitrogens with zero attached hydrogens (tertiary/aromatic N) is 2. The third-order valence-electron chi connectivity index (χ3n) is 7.05. The first-order valence-corrected chi connectivity index (χ1v) is 14.5. The minimum Gasteiger partial charge on any atom is -0.414 e. The molecule has 2 aromatic rings. The molecule has 1 fully saturated rings. The van der Waals surface area contributed by atoms with Crippen molar-refractivity contribution in [1.82, 2.24) is 14.6 Å². The van der Waals surface area contributed by atoms with E-state index in [4.69, 9.17) is 14.0 Å². The summed E-state index contributed by atoms with van der Waals surface area (Å²) in [5, 5.41) is 0.720. The third-order valence-corrected chi connectivity index (χ3v) is 11.5. The smallest absolute Gasteiger partial charge is 0.330 e. The molecule has 0 aliphatic carbocycles. The first-order valence-electron chi connectivity index (χ1n) is 11.6. The molecule has 35 heavy (non-hydrogen) atoms. The lowest BCUT2D eigenvalue weighted by Gasteiger charge is -2.37. The van der Waals surface area contributed by atoms with E-state index < -0.39 is 49.8 Å². The van der Waals surface area contributed by atoms with Crippen LogP contribution in [0.3, 0.4) is 0 Å². The molecule has 0 unspecified atom stereocenters. The van der Waals surface area contributed by atoms with Crippen LogP contribution in [0.2, 0.25) is 18.1 Å². The zero-order valence-corrected chi connectivity index (χ0v) is 21.8. The highest BCUT2D eigenvalue weighted by atomic mass is 28.4. The number of hydrogen-bond acceptors (Lipinski definition) is 7. The molecule has 0 radical (unpaired) electrons. The molecule has 10 nitrogen and oxygen atoms in total. The lowest BCUT2D eigenvalue weighted by atomic mass is 10.1.